The predicted molar refractivity (Wildman–Crippen MR) is 95.6 cm³/mol. The van der Waals surface area contributed by atoms with Crippen molar-refractivity contribution in [3.05, 3.63) is 35.4 Å². The van der Waals surface area contributed by atoms with Crippen molar-refractivity contribution in [2.24, 2.45) is 0 Å². The monoisotopic (exact) mass is 334 g/mol. The van der Waals surface area contributed by atoms with Crippen LogP contribution < -0.4 is 10.6 Å². The molecular formula is C18H26N2O2S. The van der Waals surface area contributed by atoms with Gasteiger partial charge >= 0.3 is 0 Å². The second-order valence-electron chi connectivity index (χ2n) is 6.17. The van der Waals surface area contributed by atoms with Gasteiger partial charge in [-0.05, 0) is 49.6 Å². The first-order valence-corrected chi connectivity index (χ1v) is 9.33. The van der Waals surface area contributed by atoms with Crippen LogP contribution in [0.25, 0.3) is 0 Å². The van der Waals surface area contributed by atoms with E-state index < -0.39 is 0 Å². The molecule has 1 aliphatic rings. The molecule has 0 saturated carbocycles. The standard InChI is InChI=1S/C18H26N2O2S/c1-3-4-11-19-16(21)15-8-6-14(7-9-15)13-20-17(22)18(2)10-5-12-23-18/h6-9H,3-5,10-13H2,1-2H3,(H,19,21)(H,20,22). The molecule has 126 valence electrons. The van der Waals surface area contributed by atoms with Crippen molar-refractivity contribution >= 4 is 23.6 Å². The molecule has 2 amide bonds. The van der Waals surface area contributed by atoms with E-state index in [1.807, 2.05) is 31.2 Å². The van der Waals surface area contributed by atoms with Gasteiger partial charge in [0.25, 0.3) is 5.91 Å². The molecule has 2 rings (SSSR count). The second kappa shape index (κ2) is 8.39. The Balaban J connectivity index is 1.83. The molecule has 0 bridgehead atoms. The lowest BCUT2D eigenvalue weighted by Crippen LogP contribution is -2.39. The first kappa shape index (κ1) is 17.9. The van der Waals surface area contributed by atoms with Gasteiger partial charge in [-0.2, -0.15) is 0 Å². The minimum Gasteiger partial charge on any atom is -0.352 e. The van der Waals surface area contributed by atoms with Crippen LogP contribution in [0.3, 0.4) is 0 Å². The van der Waals surface area contributed by atoms with E-state index in [1.165, 1.54) is 0 Å². The molecule has 0 aromatic heterocycles. The Morgan fingerprint density at radius 2 is 1.96 bits per heavy atom. The molecule has 23 heavy (non-hydrogen) atoms. The van der Waals surface area contributed by atoms with Gasteiger partial charge in [0.15, 0.2) is 0 Å². The minimum atomic E-state index is -0.279. The predicted octanol–water partition coefficient (Wildman–Crippen LogP) is 3.12. The van der Waals surface area contributed by atoms with Crippen molar-refractivity contribution in [2.75, 3.05) is 12.3 Å². The number of rotatable bonds is 7. The van der Waals surface area contributed by atoms with Gasteiger partial charge in [0.2, 0.25) is 5.91 Å². The molecule has 5 heteroatoms. The SMILES string of the molecule is CCCCNC(=O)c1ccc(CNC(=O)C2(C)CCCS2)cc1. The lowest BCUT2D eigenvalue weighted by Gasteiger charge is -2.21. The number of carbonyl (C=O) groups excluding carboxylic acids is 2. The van der Waals surface area contributed by atoms with Crippen LogP contribution in [0.5, 0.6) is 0 Å². The summed E-state index contributed by atoms with van der Waals surface area (Å²) in [5, 5.41) is 5.91. The molecule has 0 aliphatic carbocycles. The molecule has 1 atom stereocenters. The highest BCUT2D eigenvalue weighted by Gasteiger charge is 2.36. The molecular weight excluding hydrogens is 308 g/mol. The Labute approximate surface area is 142 Å². The first-order valence-electron chi connectivity index (χ1n) is 8.34. The first-order chi connectivity index (χ1) is 11.0. The summed E-state index contributed by atoms with van der Waals surface area (Å²) in [6.07, 6.45) is 4.11. The summed E-state index contributed by atoms with van der Waals surface area (Å²) in [5.74, 6) is 1.14. The molecule has 1 aromatic rings. The summed E-state index contributed by atoms with van der Waals surface area (Å²) in [4.78, 5) is 24.2. The highest BCUT2D eigenvalue weighted by molar-refractivity contribution is 8.01. The fraction of sp³-hybridized carbons (Fsp3) is 0.556. The quantitative estimate of drug-likeness (QED) is 0.753. The Morgan fingerprint density at radius 1 is 1.22 bits per heavy atom. The van der Waals surface area contributed by atoms with Crippen LogP contribution in [-0.2, 0) is 11.3 Å². The van der Waals surface area contributed by atoms with Gasteiger partial charge in [-0.15, -0.1) is 11.8 Å². The van der Waals surface area contributed by atoms with Crippen LogP contribution in [0.2, 0.25) is 0 Å². The van der Waals surface area contributed by atoms with Crippen molar-refractivity contribution in [3.8, 4) is 0 Å². The number of benzene rings is 1. The van der Waals surface area contributed by atoms with Crippen LogP contribution in [0, 0.1) is 0 Å². The number of unbranched alkanes of at least 4 members (excludes halogenated alkanes) is 1. The van der Waals surface area contributed by atoms with Crippen LogP contribution >= 0.6 is 11.8 Å². The number of hydrogen-bond donors (Lipinski definition) is 2. The zero-order valence-electron chi connectivity index (χ0n) is 14.0. The third-order valence-corrected chi connectivity index (χ3v) is 5.70. The van der Waals surface area contributed by atoms with E-state index in [2.05, 4.69) is 17.6 Å². The van der Waals surface area contributed by atoms with Gasteiger partial charge in [-0.1, -0.05) is 25.5 Å². The van der Waals surface area contributed by atoms with Crippen molar-refractivity contribution in [2.45, 2.75) is 50.8 Å². The van der Waals surface area contributed by atoms with E-state index in [0.29, 0.717) is 18.7 Å². The Morgan fingerprint density at radius 3 is 2.57 bits per heavy atom. The lowest BCUT2D eigenvalue weighted by molar-refractivity contribution is -0.123. The van der Waals surface area contributed by atoms with Gasteiger partial charge in [0.1, 0.15) is 0 Å². The molecule has 1 unspecified atom stereocenters. The topological polar surface area (TPSA) is 58.2 Å². The smallest absolute Gasteiger partial charge is 0.251 e. The number of nitrogens with one attached hydrogen (secondary N) is 2. The van der Waals surface area contributed by atoms with E-state index in [0.717, 1.165) is 37.0 Å². The third-order valence-electron chi connectivity index (χ3n) is 4.18. The summed E-state index contributed by atoms with van der Waals surface area (Å²) in [6.45, 7) is 5.33. The fourth-order valence-corrected chi connectivity index (χ4v) is 3.81. The zero-order valence-corrected chi connectivity index (χ0v) is 14.8. The molecule has 0 radical (unpaired) electrons. The van der Waals surface area contributed by atoms with E-state index in [4.69, 9.17) is 0 Å². The number of thioether (sulfide) groups is 1. The molecule has 4 nitrogen and oxygen atoms in total. The maximum absolute atomic E-state index is 12.3. The molecule has 1 aromatic carbocycles. The molecule has 1 saturated heterocycles. The van der Waals surface area contributed by atoms with E-state index in [9.17, 15) is 9.59 Å². The third kappa shape index (κ3) is 4.99. The number of amides is 2. The highest BCUT2D eigenvalue weighted by atomic mass is 32.2. The van der Waals surface area contributed by atoms with Gasteiger partial charge in [-0.3, -0.25) is 9.59 Å². The number of hydrogen-bond acceptors (Lipinski definition) is 3. The fourth-order valence-electron chi connectivity index (χ4n) is 2.58. The molecule has 0 spiro atoms. The zero-order chi connectivity index (χ0) is 16.7. The van der Waals surface area contributed by atoms with Crippen molar-refractivity contribution < 1.29 is 9.59 Å². The average molecular weight is 334 g/mol. The number of carbonyl (C=O) groups is 2. The van der Waals surface area contributed by atoms with Crippen molar-refractivity contribution in [1.29, 1.82) is 0 Å². The Bertz CT molecular complexity index is 536. The Kier molecular flexibility index (Phi) is 6.51. The Hall–Kier alpha value is -1.49. The summed E-state index contributed by atoms with van der Waals surface area (Å²) in [6, 6.07) is 7.43. The summed E-state index contributed by atoms with van der Waals surface area (Å²) in [7, 11) is 0. The largest absolute Gasteiger partial charge is 0.352 e. The summed E-state index contributed by atoms with van der Waals surface area (Å²) in [5.41, 5.74) is 1.67. The van der Waals surface area contributed by atoms with Gasteiger partial charge in [-0.25, -0.2) is 0 Å². The maximum atomic E-state index is 12.3. The molecule has 1 heterocycles. The minimum absolute atomic E-state index is 0.0381. The van der Waals surface area contributed by atoms with E-state index in [-0.39, 0.29) is 16.6 Å². The average Bonchev–Trinajstić information content (AvgIpc) is 3.01. The van der Waals surface area contributed by atoms with Crippen LogP contribution in [0.1, 0.15) is 55.5 Å². The van der Waals surface area contributed by atoms with Crippen LogP contribution in [0.4, 0.5) is 0 Å². The van der Waals surface area contributed by atoms with Crippen molar-refractivity contribution in [1.82, 2.24) is 10.6 Å². The van der Waals surface area contributed by atoms with Gasteiger partial charge in [0.05, 0.1) is 4.75 Å². The van der Waals surface area contributed by atoms with Crippen LogP contribution in [-0.4, -0.2) is 28.9 Å². The van der Waals surface area contributed by atoms with Crippen molar-refractivity contribution in [3.63, 3.8) is 0 Å². The molecule has 1 fully saturated rings. The molecule has 1 aliphatic heterocycles. The lowest BCUT2D eigenvalue weighted by atomic mass is 10.0. The van der Waals surface area contributed by atoms with E-state index >= 15 is 0 Å². The summed E-state index contributed by atoms with van der Waals surface area (Å²) >= 11 is 1.74. The normalized spacial score (nSPS) is 20.3. The van der Waals surface area contributed by atoms with Gasteiger partial charge < -0.3 is 10.6 Å². The van der Waals surface area contributed by atoms with E-state index in [1.54, 1.807) is 11.8 Å². The molecule has 2 N–H and O–H groups in total. The summed E-state index contributed by atoms with van der Waals surface area (Å²) < 4.78 is -0.279. The van der Waals surface area contributed by atoms with Gasteiger partial charge in [0, 0.05) is 18.7 Å². The second-order valence-corrected chi connectivity index (χ2v) is 7.77. The van der Waals surface area contributed by atoms with Crippen LogP contribution in [0.15, 0.2) is 24.3 Å². The highest BCUT2D eigenvalue weighted by Crippen LogP contribution is 2.37. The maximum Gasteiger partial charge on any atom is 0.251 e.